The van der Waals surface area contributed by atoms with Crippen LogP contribution in [-0.4, -0.2) is 50.0 Å². The van der Waals surface area contributed by atoms with E-state index in [1.165, 1.54) is 26.2 Å². The van der Waals surface area contributed by atoms with Gasteiger partial charge in [0.15, 0.2) is 5.78 Å². The zero-order valence-electron chi connectivity index (χ0n) is 22.7. The fraction of sp³-hybridized carbons (Fsp3) is 0.333. The molecular formula is C33H35NO5. The fourth-order valence-corrected chi connectivity index (χ4v) is 5.48. The lowest BCUT2D eigenvalue weighted by molar-refractivity contribution is -0.131. The third-order valence-electron chi connectivity index (χ3n) is 7.44. The van der Waals surface area contributed by atoms with E-state index < -0.39 is 0 Å². The molecule has 0 saturated carbocycles. The average molecular weight is 526 g/mol. The number of allylic oxidation sites excluding steroid dienone is 2. The Morgan fingerprint density at radius 2 is 1.62 bits per heavy atom. The zero-order valence-corrected chi connectivity index (χ0v) is 22.7. The number of ketones is 1. The van der Waals surface area contributed by atoms with Gasteiger partial charge in [-0.15, -0.1) is 0 Å². The molecule has 2 aliphatic rings. The summed E-state index contributed by atoms with van der Waals surface area (Å²) in [5.41, 5.74) is 5.06. The summed E-state index contributed by atoms with van der Waals surface area (Å²) in [7, 11) is 1.65. The number of esters is 1. The van der Waals surface area contributed by atoms with Crippen LogP contribution in [0.25, 0.3) is 11.1 Å². The van der Waals surface area contributed by atoms with Crippen LogP contribution < -0.4 is 14.2 Å². The summed E-state index contributed by atoms with van der Waals surface area (Å²) in [6, 6.07) is 20.7. The molecule has 0 spiro atoms. The third-order valence-corrected chi connectivity index (χ3v) is 7.44. The monoisotopic (exact) mass is 525 g/mol. The van der Waals surface area contributed by atoms with Gasteiger partial charge in [-0.2, -0.15) is 0 Å². The van der Waals surface area contributed by atoms with Crippen LogP contribution in [0.4, 0.5) is 0 Å². The molecule has 0 radical (unpaired) electrons. The molecule has 6 nitrogen and oxygen atoms in total. The minimum Gasteiger partial charge on any atom is -0.497 e. The highest BCUT2D eigenvalue weighted by atomic mass is 16.5. The van der Waals surface area contributed by atoms with Gasteiger partial charge in [0.1, 0.15) is 23.9 Å². The maximum Gasteiger partial charge on any atom is 0.308 e. The first-order valence-corrected chi connectivity index (χ1v) is 13.7. The van der Waals surface area contributed by atoms with Crippen molar-refractivity contribution in [3.05, 3.63) is 89.0 Å². The summed E-state index contributed by atoms with van der Waals surface area (Å²) in [5, 5.41) is 0. The van der Waals surface area contributed by atoms with Crippen molar-refractivity contribution in [2.75, 3.05) is 33.4 Å². The number of aryl methyl sites for hydroxylation is 1. The van der Waals surface area contributed by atoms with E-state index in [4.69, 9.17) is 14.2 Å². The van der Waals surface area contributed by atoms with Gasteiger partial charge in [0.05, 0.1) is 7.11 Å². The lowest BCUT2D eigenvalue weighted by atomic mass is 9.79. The quantitative estimate of drug-likeness (QED) is 0.188. The highest BCUT2D eigenvalue weighted by Gasteiger charge is 2.27. The molecule has 0 N–H and O–H groups in total. The molecule has 1 heterocycles. The molecule has 1 saturated heterocycles. The second-order valence-electron chi connectivity index (χ2n) is 10.1. The number of fused-ring (bicyclic) bond motifs is 1. The number of benzene rings is 3. The van der Waals surface area contributed by atoms with Crippen LogP contribution >= 0.6 is 0 Å². The summed E-state index contributed by atoms with van der Waals surface area (Å²) >= 11 is 0. The van der Waals surface area contributed by atoms with Crippen LogP contribution in [-0.2, 0) is 11.2 Å². The summed E-state index contributed by atoms with van der Waals surface area (Å²) in [6.45, 7) is 5.23. The lowest BCUT2D eigenvalue weighted by Gasteiger charge is -2.26. The van der Waals surface area contributed by atoms with Crippen LogP contribution in [0.2, 0.25) is 0 Å². The van der Waals surface area contributed by atoms with Gasteiger partial charge in [-0.25, -0.2) is 0 Å². The Kier molecular flexibility index (Phi) is 8.42. The van der Waals surface area contributed by atoms with Crippen molar-refractivity contribution in [2.45, 2.75) is 39.0 Å². The van der Waals surface area contributed by atoms with Crippen molar-refractivity contribution in [2.24, 2.45) is 0 Å². The summed E-state index contributed by atoms with van der Waals surface area (Å²) in [5.74, 6) is 1.57. The molecule has 0 atom stereocenters. The standard InChI is InChI=1S/C33H35NO5/c1-23(35)39-29-8-6-7-25(22-29)30-15-11-26-21-28(37-2)14-16-31(26)32(30)33(36)24-9-12-27(13-10-24)38-20-19-34-17-4-3-5-18-34/h6-10,12-14,16,21-22H,3-5,11,15,17-20H2,1-2H3. The van der Waals surface area contributed by atoms with Gasteiger partial charge >= 0.3 is 5.97 Å². The van der Waals surface area contributed by atoms with Crippen molar-refractivity contribution in [1.29, 1.82) is 0 Å². The SMILES string of the molecule is COc1ccc2c(c1)CCC(c1cccc(OC(C)=O)c1)=C2C(=O)c1ccc(OCCN2CCCCC2)cc1. The van der Waals surface area contributed by atoms with Gasteiger partial charge in [-0.1, -0.05) is 24.6 Å². The molecule has 0 unspecified atom stereocenters. The first-order chi connectivity index (χ1) is 19.0. The maximum absolute atomic E-state index is 14.1. The van der Waals surface area contributed by atoms with Crippen molar-refractivity contribution in [3.63, 3.8) is 0 Å². The molecule has 0 amide bonds. The average Bonchev–Trinajstić information content (AvgIpc) is 2.96. The molecule has 3 aromatic carbocycles. The van der Waals surface area contributed by atoms with Crippen molar-refractivity contribution < 1.29 is 23.8 Å². The minimum atomic E-state index is -0.378. The van der Waals surface area contributed by atoms with Crippen LogP contribution in [0.1, 0.15) is 59.7 Å². The van der Waals surface area contributed by atoms with Crippen LogP contribution in [0, 0.1) is 0 Å². The van der Waals surface area contributed by atoms with E-state index in [1.807, 2.05) is 60.7 Å². The Labute approximate surface area is 230 Å². The van der Waals surface area contributed by atoms with Gasteiger partial charge in [-0.05, 0) is 110 Å². The number of ether oxygens (including phenoxy) is 3. The van der Waals surface area contributed by atoms with Crippen molar-refractivity contribution in [3.8, 4) is 17.2 Å². The number of likely N-dealkylation sites (tertiary alicyclic amines) is 1. The van der Waals surface area contributed by atoms with E-state index in [-0.39, 0.29) is 11.8 Å². The second kappa shape index (κ2) is 12.3. The Balaban J connectivity index is 1.43. The summed E-state index contributed by atoms with van der Waals surface area (Å²) in [6.07, 6.45) is 5.31. The number of carbonyl (C=O) groups excluding carboxylic acids is 2. The first kappa shape index (κ1) is 26.7. The molecule has 1 fully saturated rings. The lowest BCUT2D eigenvalue weighted by Crippen LogP contribution is -2.33. The fourth-order valence-electron chi connectivity index (χ4n) is 5.48. The number of carbonyl (C=O) groups is 2. The molecule has 1 aliphatic heterocycles. The largest absolute Gasteiger partial charge is 0.497 e. The van der Waals surface area contributed by atoms with E-state index >= 15 is 0 Å². The molecule has 3 aromatic rings. The Bertz CT molecular complexity index is 1370. The normalized spacial score (nSPS) is 15.4. The molecular weight excluding hydrogens is 490 g/mol. The van der Waals surface area contributed by atoms with Gasteiger partial charge in [0, 0.05) is 24.6 Å². The minimum absolute atomic E-state index is 0.0473. The van der Waals surface area contributed by atoms with Gasteiger partial charge in [0.25, 0.3) is 0 Å². The predicted octanol–water partition coefficient (Wildman–Crippen LogP) is 6.23. The number of hydrogen-bond donors (Lipinski definition) is 0. The van der Waals surface area contributed by atoms with Gasteiger partial charge < -0.3 is 14.2 Å². The number of Topliss-reactive ketones (excluding diaryl/α,β-unsaturated/α-hetero) is 1. The third kappa shape index (κ3) is 6.40. The molecule has 1 aliphatic carbocycles. The van der Waals surface area contributed by atoms with Crippen LogP contribution in [0.5, 0.6) is 17.2 Å². The number of hydrogen-bond acceptors (Lipinski definition) is 6. The van der Waals surface area contributed by atoms with Crippen molar-refractivity contribution in [1.82, 2.24) is 4.90 Å². The predicted molar refractivity (Wildman–Crippen MR) is 152 cm³/mol. The van der Waals surface area contributed by atoms with Crippen LogP contribution in [0.15, 0.2) is 66.7 Å². The Morgan fingerprint density at radius 1 is 0.846 bits per heavy atom. The first-order valence-electron chi connectivity index (χ1n) is 13.7. The highest BCUT2D eigenvalue weighted by molar-refractivity contribution is 6.35. The number of methoxy groups -OCH3 is 1. The van der Waals surface area contributed by atoms with Crippen LogP contribution in [0.3, 0.4) is 0 Å². The molecule has 39 heavy (non-hydrogen) atoms. The molecule has 5 rings (SSSR count). The highest BCUT2D eigenvalue weighted by Crippen LogP contribution is 2.40. The van der Waals surface area contributed by atoms with E-state index in [2.05, 4.69) is 4.90 Å². The van der Waals surface area contributed by atoms with Crippen molar-refractivity contribution >= 4 is 22.9 Å². The van der Waals surface area contributed by atoms with Gasteiger partial charge in [-0.3, -0.25) is 14.5 Å². The summed E-state index contributed by atoms with van der Waals surface area (Å²) in [4.78, 5) is 28.1. The summed E-state index contributed by atoms with van der Waals surface area (Å²) < 4.78 is 16.8. The topological polar surface area (TPSA) is 65.1 Å². The number of piperidine rings is 1. The molecule has 0 aromatic heterocycles. The second-order valence-corrected chi connectivity index (χ2v) is 10.1. The number of nitrogens with zero attached hydrogens (tertiary/aromatic N) is 1. The molecule has 0 bridgehead atoms. The molecule has 202 valence electrons. The van der Waals surface area contributed by atoms with E-state index in [0.29, 0.717) is 29.9 Å². The van der Waals surface area contributed by atoms with E-state index in [9.17, 15) is 9.59 Å². The van der Waals surface area contributed by atoms with E-state index in [1.54, 1.807) is 13.2 Å². The zero-order chi connectivity index (χ0) is 27.2. The molecule has 6 heteroatoms. The maximum atomic E-state index is 14.1. The smallest absolute Gasteiger partial charge is 0.308 e. The number of rotatable bonds is 9. The Morgan fingerprint density at radius 3 is 2.36 bits per heavy atom. The van der Waals surface area contributed by atoms with Gasteiger partial charge in [0.2, 0.25) is 0 Å². The Hall–Kier alpha value is -3.90. The van der Waals surface area contributed by atoms with E-state index in [0.717, 1.165) is 59.8 Å².